The number of hydrogen-bond donors (Lipinski definition) is 0. The van der Waals surface area contributed by atoms with Crippen LogP contribution in [0.15, 0.2) is 6.07 Å². The number of ketones is 1. The summed E-state index contributed by atoms with van der Waals surface area (Å²) in [7, 11) is 2.08. The van der Waals surface area contributed by atoms with Crippen LogP contribution in [0.5, 0.6) is 0 Å². The molecular weight excluding hydrogens is 222 g/mol. The van der Waals surface area contributed by atoms with Crippen molar-refractivity contribution in [2.24, 2.45) is 0 Å². The summed E-state index contributed by atoms with van der Waals surface area (Å²) in [5.74, 6) is 0.260. The highest BCUT2D eigenvalue weighted by molar-refractivity contribution is 5.75. The summed E-state index contributed by atoms with van der Waals surface area (Å²) in [6.07, 6.45) is 0.638. The lowest BCUT2D eigenvalue weighted by molar-refractivity contribution is -0.117. The van der Waals surface area contributed by atoms with Crippen LogP contribution in [0.2, 0.25) is 0 Å². The Bertz CT molecular complexity index is 423. The van der Waals surface area contributed by atoms with Crippen molar-refractivity contribution in [2.75, 3.05) is 13.6 Å². The average molecular weight is 247 g/mol. The second-order valence-electron chi connectivity index (χ2n) is 5.43. The van der Waals surface area contributed by atoms with E-state index in [0.29, 0.717) is 6.42 Å². The Morgan fingerprint density at radius 3 is 2.06 bits per heavy atom. The van der Waals surface area contributed by atoms with Gasteiger partial charge in [-0.1, -0.05) is 6.07 Å². The van der Waals surface area contributed by atoms with Gasteiger partial charge in [-0.2, -0.15) is 0 Å². The Balaban J connectivity index is 2.87. The lowest BCUT2D eigenvalue weighted by atomic mass is 9.94. The number of nitrogens with zero attached hydrogens (tertiary/aromatic N) is 1. The van der Waals surface area contributed by atoms with Crippen molar-refractivity contribution >= 4 is 5.78 Å². The quantitative estimate of drug-likeness (QED) is 0.795. The number of carbonyl (C=O) groups excluding carboxylic acids is 1. The molecular formula is C16H25NO. The number of Topliss-reactive ketones (excluding diaryl/α,β-unsaturated/α-hetero) is 1. The summed E-state index contributed by atoms with van der Waals surface area (Å²) in [5.41, 5.74) is 6.89. The van der Waals surface area contributed by atoms with Crippen LogP contribution in [0.3, 0.4) is 0 Å². The Kier molecular flexibility index (Phi) is 5.09. The van der Waals surface area contributed by atoms with Crippen molar-refractivity contribution in [2.45, 2.75) is 47.6 Å². The normalized spacial score (nSPS) is 11.1. The minimum atomic E-state index is 0.260. The number of carbonyl (C=O) groups is 1. The molecule has 0 atom stereocenters. The summed E-state index contributed by atoms with van der Waals surface area (Å²) < 4.78 is 0. The van der Waals surface area contributed by atoms with E-state index in [1.165, 1.54) is 27.8 Å². The van der Waals surface area contributed by atoms with Crippen molar-refractivity contribution < 1.29 is 4.79 Å². The Morgan fingerprint density at radius 2 is 1.61 bits per heavy atom. The van der Waals surface area contributed by atoms with Crippen LogP contribution in [0.4, 0.5) is 0 Å². The third-order valence-electron chi connectivity index (χ3n) is 3.79. The van der Waals surface area contributed by atoms with Gasteiger partial charge in [0.1, 0.15) is 5.78 Å². The molecule has 0 saturated carbocycles. The van der Waals surface area contributed by atoms with Crippen molar-refractivity contribution in [1.82, 2.24) is 4.90 Å². The highest BCUT2D eigenvalue weighted by Gasteiger charge is 2.10. The molecule has 100 valence electrons. The van der Waals surface area contributed by atoms with Crippen LogP contribution in [0.1, 0.15) is 41.2 Å². The first-order chi connectivity index (χ1) is 8.32. The van der Waals surface area contributed by atoms with Gasteiger partial charge in [0.2, 0.25) is 0 Å². The van der Waals surface area contributed by atoms with Crippen LogP contribution < -0.4 is 0 Å². The molecule has 0 amide bonds. The van der Waals surface area contributed by atoms with E-state index in [-0.39, 0.29) is 5.78 Å². The van der Waals surface area contributed by atoms with Gasteiger partial charge in [-0.15, -0.1) is 0 Å². The van der Waals surface area contributed by atoms with Gasteiger partial charge in [-0.25, -0.2) is 0 Å². The van der Waals surface area contributed by atoms with Crippen molar-refractivity contribution in [3.63, 3.8) is 0 Å². The molecule has 0 bridgehead atoms. The van der Waals surface area contributed by atoms with Gasteiger partial charge in [-0.05, 0) is 69.5 Å². The van der Waals surface area contributed by atoms with E-state index in [1.807, 2.05) is 0 Å². The Morgan fingerprint density at radius 1 is 1.11 bits per heavy atom. The Hall–Kier alpha value is -1.15. The van der Waals surface area contributed by atoms with Gasteiger partial charge in [0.05, 0.1) is 0 Å². The fourth-order valence-corrected chi connectivity index (χ4v) is 2.23. The monoisotopic (exact) mass is 247 g/mol. The van der Waals surface area contributed by atoms with E-state index in [2.05, 4.69) is 45.7 Å². The molecule has 0 heterocycles. The molecule has 0 radical (unpaired) electrons. The SMILES string of the molecule is CC(=O)CCN(C)Cc1c(C)c(C)cc(C)c1C. The minimum Gasteiger partial charge on any atom is -0.302 e. The summed E-state index contributed by atoms with van der Waals surface area (Å²) in [6.45, 7) is 12.1. The first kappa shape index (κ1) is 14.9. The average Bonchev–Trinajstić information content (AvgIpc) is 2.29. The first-order valence-corrected chi connectivity index (χ1v) is 6.57. The fraction of sp³-hybridized carbons (Fsp3) is 0.562. The molecule has 18 heavy (non-hydrogen) atoms. The van der Waals surface area contributed by atoms with Crippen LogP contribution in [-0.4, -0.2) is 24.3 Å². The van der Waals surface area contributed by atoms with Crippen LogP contribution in [0.25, 0.3) is 0 Å². The number of rotatable bonds is 5. The van der Waals surface area contributed by atoms with Gasteiger partial charge in [0.25, 0.3) is 0 Å². The predicted octanol–water partition coefficient (Wildman–Crippen LogP) is 3.33. The highest BCUT2D eigenvalue weighted by atomic mass is 16.1. The molecule has 0 N–H and O–H groups in total. The van der Waals surface area contributed by atoms with E-state index >= 15 is 0 Å². The molecule has 0 aliphatic heterocycles. The van der Waals surface area contributed by atoms with Gasteiger partial charge >= 0.3 is 0 Å². The smallest absolute Gasteiger partial charge is 0.131 e. The maximum atomic E-state index is 11.0. The van der Waals surface area contributed by atoms with Gasteiger partial charge < -0.3 is 4.90 Å². The molecule has 0 aromatic heterocycles. The molecule has 0 aliphatic carbocycles. The number of benzene rings is 1. The molecule has 0 unspecified atom stereocenters. The summed E-state index contributed by atoms with van der Waals surface area (Å²) in [5, 5.41) is 0. The van der Waals surface area contributed by atoms with Crippen molar-refractivity contribution in [3.8, 4) is 0 Å². The molecule has 0 spiro atoms. The van der Waals surface area contributed by atoms with Gasteiger partial charge in [0, 0.05) is 19.5 Å². The molecule has 0 aliphatic rings. The zero-order valence-corrected chi connectivity index (χ0v) is 12.6. The molecule has 0 saturated heterocycles. The van der Waals surface area contributed by atoms with E-state index in [4.69, 9.17) is 0 Å². The lowest BCUT2D eigenvalue weighted by Gasteiger charge is -2.21. The van der Waals surface area contributed by atoms with Gasteiger partial charge in [0.15, 0.2) is 0 Å². The maximum absolute atomic E-state index is 11.0. The fourth-order valence-electron chi connectivity index (χ4n) is 2.23. The number of aryl methyl sites for hydroxylation is 2. The van der Waals surface area contributed by atoms with E-state index < -0.39 is 0 Å². The summed E-state index contributed by atoms with van der Waals surface area (Å²) >= 11 is 0. The summed E-state index contributed by atoms with van der Waals surface area (Å²) in [4.78, 5) is 13.2. The zero-order valence-electron chi connectivity index (χ0n) is 12.6. The zero-order chi connectivity index (χ0) is 13.9. The minimum absolute atomic E-state index is 0.260. The molecule has 1 aromatic rings. The van der Waals surface area contributed by atoms with E-state index in [9.17, 15) is 4.79 Å². The predicted molar refractivity (Wildman–Crippen MR) is 77.0 cm³/mol. The van der Waals surface area contributed by atoms with Crippen molar-refractivity contribution in [3.05, 3.63) is 33.9 Å². The third-order valence-corrected chi connectivity index (χ3v) is 3.79. The van der Waals surface area contributed by atoms with E-state index in [0.717, 1.165) is 13.1 Å². The highest BCUT2D eigenvalue weighted by Crippen LogP contribution is 2.22. The van der Waals surface area contributed by atoms with E-state index in [1.54, 1.807) is 6.92 Å². The van der Waals surface area contributed by atoms with Crippen molar-refractivity contribution in [1.29, 1.82) is 0 Å². The summed E-state index contributed by atoms with van der Waals surface area (Å²) in [6, 6.07) is 2.25. The van der Waals surface area contributed by atoms with Gasteiger partial charge in [-0.3, -0.25) is 4.79 Å². The molecule has 0 fully saturated rings. The third kappa shape index (κ3) is 3.67. The Labute approximate surface area is 111 Å². The molecule has 1 aromatic carbocycles. The maximum Gasteiger partial charge on any atom is 0.131 e. The molecule has 1 rings (SSSR count). The standard InChI is InChI=1S/C16H25NO/c1-11-9-12(2)15(5)16(14(11)4)10-17(6)8-7-13(3)18/h9H,7-8,10H2,1-6H3. The molecule has 2 nitrogen and oxygen atoms in total. The topological polar surface area (TPSA) is 20.3 Å². The number of hydrogen-bond acceptors (Lipinski definition) is 2. The largest absolute Gasteiger partial charge is 0.302 e. The second-order valence-corrected chi connectivity index (χ2v) is 5.43. The first-order valence-electron chi connectivity index (χ1n) is 6.57. The van der Waals surface area contributed by atoms with Crippen LogP contribution >= 0.6 is 0 Å². The van der Waals surface area contributed by atoms with Crippen LogP contribution in [-0.2, 0) is 11.3 Å². The molecule has 2 heteroatoms. The lowest BCUT2D eigenvalue weighted by Crippen LogP contribution is -2.22. The second kappa shape index (κ2) is 6.14. The van der Waals surface area contributed by atoms with Crippen LogP contribution in [0, 0.1) is 27.7 Å².